The van der Waals surface area contributed by atoms with E-state index in [-0.39, 0.29) is 11.8 Å². The van der Waals surface area contributed by atoms with Crippen molar-refractivity contribution in [3.8, 4) is 0 Å². The maximum absolute atomic E-state index is 10.8. The van der Waals surface area contributed by atoms with E-state index in [2.05, 4.69) is 22.1 Å². The molecule has 0 radical (unpaired) electrons. The lowest BCUT2D eigenvalue weighted by Gasteiger charge is -2.16. The number of nitrogens with one attached hydrogen (secondary N) is 2. The van der Waals surface area contributed by atoms with Crippen LogP contribution in [0.2, 0.25) is 0 Å². The highest BCUT2D eigenvalue weighted by Crippen LogP contribution is 1.89. The maximum Gasteiger partial charge on any atom is 0.243 e. The molecule has 0 atom stereocenters. The minimum absolute atomic E-state index is 0.0137. The van der Waals surface area contributed by atoms with Crippen molar-refractivity contribution in [2.75, 3.05) is 33.2 Å². The summed E-state index contributed by atoms with van der Waals surface area (Å²) >= 11 is 0. The van der Waals surface area contributed by atoms with E-state index in [1.807, 2.05) is 20.9 Å². The number of nitrogens with zero attached hydrogens (tertiary/aromatic N) is 1. The van der Waals surface area contributed by atoms with Crippen LogP contribution in [0, 0.1) is 0 Å². The average molecular weight is 271 g/mol. The summed E-state index contributed by atoms with van der Waals surface area (Å²) < 4.78 is 0. The van der Waals surface area contributed by atoms with Gasteiger partial charge in [-0.25, -0.2) is 0 Å². The molecule has 0 aromatic rings. The Hall–Kier alpha value is -1.36. The van der Waals surface area contributed by atoms with Crippen LogP contribution in [0.15, 0.2) is 12.7 Å². The highest BCUT2D eigenvalue weighted by Gasteiger charge is 1.99. The van der Waals surface area contributed by atoms with E-state index >= 15 is 0 Å². The van der Waals surface area contributed by atoms with Gasteiger partial charge in [0.15, 0.2) is 0 Å². The number of amides is 2. The summed E-state index contributed by atoms with van der Waals surface area (Å²) in [6.45, 7) is 12.2. The second-order valence-corrected chi connectivity index (χ2v) is 3.99. The summed E-state index contributed by atoms with van der Waals surface area (Å²) in [5.74, 6) is -0.113. The second kappa shape index (κ2) is 14.7. The third-order valence-electron chi connectivity index (χ3n) is 2.29. The number of hydrogen-bond donors (Lipinski definition) is 2. The molecule has 0 spiro atoms. The quantitative estimate of drug-likeness (QED) is 0.489. The summed E-state index contributed by atoms with van der Waals surface area (Å²) in [4.78, 5) is 23.6. The van der Waals surface area contributed by atoms with Crippen LogP contribution in [-0.4, -0.2) is 49.9 Å². The SMILES string of the molecule is C=CC(=O)NCCCN(C)CCCNC(C)=O.CC. The highest BCUT2D eigenvalue weighted by atomic mass is 16.2. The lowest BCUT2D eigenvalue weighted by Crippen LogP contribution is -2.29. The van der Waals surface area contributed by atoms with Crippen molar-refractivity contribution in [3.05, 3.63) is 12.7 Å². The molecule has 19 heavy (non-hydrogen) atoms. The number of carbonyl (C=O) groups is 2. The van der Waals surface area contributed by atoms with Gasteiger partial charge in [-0.15, -0.1) is 0 Å². The minimum Gasteiger partial charge on any atom is -0.356 e. The molecule has 0 unspecified atom stereocenters. The fourth-order valence-corrected chi connectivity index (χ4v) is 1.36. The molecule has 0 aromatic carbocycles. The molecule has 0 heterocycles. The van der Waals surface area contributed by atoms with E-state index in [1.54, 1.807) is 0 Å². The number of rotatable bonds is 9. The second-order valence-electron chi connectivity index (χ2n) is 3.99. The molecule has 2 amide bonds. The third-order valence-corrected chi connectivity index (χ3v) is 2.29. The van der Waals surface area contributed by atoms with Crippen LogP contribution in [0.25, 0.3) is 0 Å². The zero-order valence-electron chi connectivity index (χ0n) is 12.8. The Morgan fingerprint density at radius 3 is 2.00 bits per heavy atom. The fourth-order valence-electron chi connectivity index (χ4n) is 1.36. The summed E-state index contributed by atoms with van der Waals surface area (Å²) in [6, 6.07) is 0. The normalized spacial score (nSPS) is 9.32. The van der Waals surface area contributed by atoms with Crippen molar-refractivity contribution in [1.82, 2.24) is 15.5 Å². The van der Waals surface area contributed by atoms with Crippen molar-refractivity contribution in [1.29, 1.82) is 0 Å². The van der Waals surface area contributed by atoms with Gasteiger partial charge in [0.05, 0.1) is 0 Å². The van der Waals surface area contributed by atoms with Crippen LogP contribution in [-0.2, 0) is 9.59 Å². The van der Waals surface area contributed by atoms with Crippen LogP contribution in [0.3, 0.4) is 0 Å². The monoisotopic (exact) mass is 271 g/mol. The van der Waals surface area contributed by atoms with Crippen molar-refractivity contribution in [2.45, 2.75) is 33.6 Å². The first-order valence-corrected chi connectivity index (χ1v) is 6.89. The van der Waals surface area contributed by atoms with Crippen molar-refractivity contribution in [2.24, 2.45) is 0 Å². The highest BCUT2D eigenvalue weighted by molar-refractivity contribution is 5.86. The summed E-state index contributed by atoms with van der Waals surface area (Å²) in [5.41, 5.74) is 0. The molecule has 0 aliphatic heterocycles. The summed E-state index contributed by atoms with van der Waals surface area (Å²) in [6.07, 6.45) is 3.13. The van der Waals surface area contributed by atoms with Crippen molar-refractivity contribution in [3.63, 3.8) is 0 Å². The van der Waals surface area contributed by atoms with Gasteiger partial charge in [-0.3, -0.25) is 9.59 Å². The predicted octanol–water partition coefficient (Wildman–Crippen LogP) is 1.16. The zero-order chi connectivity index (χ0) is 15.1. The topological polar surface area (TPSA) is 61.4 Å². The first-order valence-electron chi connectivity index (χ1n) is 6.89. The van der Waals surface area contributed by atoms with Gasteiger partial charge in [0, 0.05) is 20.0 Å². The molecule has 0 aliphatic rings. The van der Waals surface area contributed by atoms with Gasteiger partial charge < -0.3 is 15.5 Å². The molecule has 5 nitrogen and oxygen atoms in total. The van der Waals surface area contributed by atoms with E-state index in [0.29, 0.717) is 13.1 Å². The standard InChI is InChI=1S/C12H23N3O2.C2H6/c1-4-12(17)14-8-6-10-15(3)9-5-7-13-11(2)16;1-2/h4H,1,5-10H2,2-3H3,(H,13,16)(H,14,17);1-2H3. The fraction of sp³-hybridized carbons (Fsp3) is 0.714. The molecule has 5 heteroatoms. The van der Waals surface area contributed by atoms with Gasteiger partial charge in [-0.2, -0.15) is 0 Å². The molecule has 0 rings (SSSR count). The van der Waals surface area contributed by atoms with E-state index in [1.165, 1.54) is 13.0 Å². The number of hydrogen-bond acceptors (Lipinski definition) is 3. The molecule has 2 N–H and O–H groups in total. The Bertz CT molecular complexity index is 255. The van der Waals surface area contributed by atoms with Crippen molar-refractivity contribution >= 4 is 11.8 Å². The van der Waals surface area contributed by atoms with E-state index in [4.69, 9.17) is 0 Å². The Balaban J connectivity index is 0. The molecule has 0 aromatic heterocycles. The van der Waals surface area contributed by atoms with Gasteiger partial charge >= 0.3 is 0 Å². The largest absolute Gasteiger partial charge is 0.356 e. The average Bonchev–Trinajstić information content (AvgIpc) is 2.41. The van der Waals surface area contributed by atoms with Gasteiger partial charge in [-0.05, 0) is 39.1 Å². The van der Waals surface area contributed by atoms with E-state index < -0.39 is 0 Å². The molecule has 0 aliphatic carbocycles. The Morgan fingerprint density at radius 2 is 1.58 bits per heavy atom. The van der Waals surface area contributed by atoms with Gasteiger partial charge in [-0.1, -0.05) is 20.4 Å². The Labute approximate surface area is 117 Å². The molecule has 112 valence electrons. The van der Waals surface area contributed by atoms with Crippen molar-refractivity contribution < 1.29 is 9.59 Å². The van der Waals surface area contributed by atoms with Crippen LogP contribution in [0.5, 0.6) is 0 Å². The van der Waals surface area contributed by atoms with E-state index in [0.717, 1.165) is 25.9 Å². The molecule has 0 bridgehead atoms. The maximum atomic E-state index is 10.8. The smallest absolute Gasteiger partial charge is 0.243 e. The van der Waals surface area contributed by atoms with Crippen LogP contribution < -0.4 is 10.6 Å². The van der Waals surface area contributed by atoms with Crippen LogP contribution >= 0.6 is 0 Å². The van der Waals surface area contributed by atoms with Crippen LogP contribution in [0.1, 0.15) is 33.6 Å². The lowest BCUT2D eigenvalue weighted by atomic mass is 10.3. The Morgan fingerprint density at radius 1 is 1.11 bits per heavy atom. The van der Waals surface area contributed by atoms with Crippen LogP contribution in [0.4, 0.5) is 0 Å². The minimum atomic E-state index is -0.127. The van der Waals surface area contributed by atoms with E-state index in [9.17, 15) is 9.59 Å². The first-order chi connectivity index (χ1) is 9.06. The predicted molar refractivity (Wildman–Crippen MR) is 80.0 cm³/mol. The first kappa shape index (κ1) is 20.0. The molecular weight excluding hydrogens is 242 g/mol. The molecule has 0 fully saturated rings. The Kier molecular flexibility index (Phi) is 15.4. The molecule has 0 saturated heterocycles. The third kappa shape index (κ3) is 16.6. The molecular formula is C14H29N3O2. The molecule has 0 saturated carbocycles. The summed E-state index contributed by atoms with van der Waals surface area (Å²) in [5, 5.41) is 5.49. The zero-order valence-corrected chi connectivity index (χ0v) is 12.8. The lowest BCUT2D eigenvalue weighted by molar-refractivity contribution is -0.119. The van der Waals surface area contributed by atoms with Gasteiger partial charge in [0.1, 0.15) is 0 Å². The summed E-state index contributed by atoms with van der Waals surface area (Å²) in [7, 11) is 2.03. The number of carbonyl (C=O) groups excluding carboxylic acids is 2. The van der Waals surface area contributed by atoms with Gasteiger partial charge in [0.25, 0.3) is 0 Å². The van der Waals surface area contributed by atoms with Gasteiger partial charge in [0.2, 0.25) is 11.8 Å².